The number of ether oxygens (including phenoxy) is 1. The van der Waals surface area contributed by atoms with Gasteiger partial charge in [-0.1, -0.05) is 6.07 Å². The Morgan fingerprint density at radius 3 is 2.67 bits per heavy atom. The smallest absolute Gasteiger partial charge is 0.258 e. The number of carbonyl (C=O) groups excluding carboxylic acids is 1. The number of aromatic nitrogens is 2. The fourth-order valence-corrected chi connectivity index (χ4v) is 2.95. The van der Waals surface area contributed by atoms with E-state index in [0.717, 1.165) is 5.56 Å². The van der Waals surface area contributed by atoms with Gasteiger partial charge in [0, 0.05) is 23.5 Å². The first-order valence-corrected chi connectivity index (χ1v) is 9.27. The molecule has 1 N–H and O–H groups in total. The molecule has 0 unspecified atom stereocenters. The van der Waals surface area contributed by atoms with Gasteiger partial charge in [-0.3, -0.25) is 14.0 Å². The van der Waals surface area contributed by atoms with E-state index in [1.54, 1.807) is 30.5 Å². The van der Waals surface area contributed by atoms with Crippen molar-refractivity contribution in [1.82, 2.24) is 9.38 Å². The lowest BCUT2D eigenvalue weighted by Gasteiger charge is -2.09. The number of nitrogens with zero attached hydrogens (tertiary/aromatic N) is 2. The number of aryl methyl sites for hydroxylation is 1. The second-order valence-corrected chi connectivity index (χ2v) is 6.80. The van der Waals surface area contributed by atoms with Crippen LogP contribution in [0.25, 0.3) is 5.65 Å². The van der Waals surface area contributed by atoms with Crippen molar-refractivity contribution in [1.29, 1.82) is 0 Å². The number of anilines is 1. The van der Waals surface area contributed by atoms with E-state index in [1.165, 1.54) is 34.7 Å². The lowest BCUT2D eigenvalue weighted by molar-refractivity contribution is 0.102. The van der Waals surface area contributed by atoms with E-state index in [2.05, 4.69) is 10.3 Å². The van der Waals surface area contributed by atoms with Gasteiger partial charge in [-0.05, 0) is 67.1 Å². The van der Waals surface area contributed by atoms with Crippen LogP contribution >= 0.6 is 0 Å². The molecule has 0 atom stereocenters. The minimum atomic E-state index is -0.469. The third-order valence-electron chi connectivity index (χ3n) is 4.46. The summed E-state index contributed by atoms with van der Waals surface area (Å²) in [5, 5.41) is 2.70. The summed E-state index contributed by atoms with van der Waals surface area (Å²) in [6.07, 6.45) is 1.70. The summed E-state index contributed by atoms with van der Waals surface area (Å²) in [4.78, 5) is 28.8. The van der Waals surface area contributed by atoms with Crippen molar-refractivity contribution in [3.8, 4) is 5.75 Å². The van der Waals surface area contributed by atoms with Crippen LogP contribution in [0.15, 0.2) is 77.7 Å². The zero-order valence-electron chi connectivity index (χ0n) is 16.1. The van der Waals surface area contributed by atoms with Crippen LogP contribution in [-0.4, -0.2) is 15.3 Å². The van der Waals surface area contributed by atoms with Gasteiger partial charge in [-0.15, -0.1) is 0 Å². The van der Waals surface area contributed by atoms with Crippen LogP contribution < -0.4 is 15.6 Å². The molecular formula is C23H18FN3O3. The zero-order chi connectivity index (χ0) is 21.1. The first-order valence-electron chi connectivity index (χ1n) is 9.27. The Hall–Kier alpha value is -4.00. The lowest BCUT2D eigenvalue weighted by atomic mass is 10.2. The number of benzene rings is 2. The Morgan fingerprint density at radius 2 is 1.90 bits per heavy atom. The highest BCUT2D eigenvalue weighted by Crippen LogP contribution is 2.18. The molecule has 2 heterocycles. The Kier molecular flexibility index (Phi) is 5.26. The molecule has 4 rings (SSSR count). The summed E-state index contributed by atoms with van der Waals surface area (Å²) in [6.45, 7) is 2.07. The molecule has 4 aromatic rings. The average molecular weight is 403 g/mol. The number of fused-ring (bicyclic) bond motifs is 1. The van der Waals surface area contributed by atoms with Gasteiger partial charge in [-0.25, -0.2) is 9.37 Å². The van der Waals surface area contributed by atoms with Crippen LogP contribution in [0.1, 0.15) is 21.6 Å². The van der Waals surface area contributed by atoms with Crippen molar-refractivity contribution in [2.75, 3.05) is 5.32 Å². The number of carbonyl (C=O) groups is 1. The monoisotopic (exact) mass is 403 g/mol. The van der Waals surface area contributed by atoms with Crippen molar-refractivity contribution >= 4 is 17.2 Å². The molecule has 30 heavy (non-hydrogen) atoms. The summed E-state index contributed by atoms with van der Waals surface area (Å²) >= 11 is 0. The van der Waals surface area contributed by atoms with Gasteiger partial charge < -0.3 is 10.1 Å². The maximum atomic E-state index is 13.3. The minimum Gasteiger partial charge on any atom is -0.487 e. The summed E-state index contributed by atoms with van der Waals surface area (Å²) in [5.41, 5.74) is 2.71. The normalized spacial score (nSPS) is 10.7. The van der Waals surface area contributed by atoms with Gasteiger partial charge in [0.25, 0.3) is 11.5 Å². The predicted octanol–water partition coefficient (Wildman–Crippen LogP) is 3.97. The molecule has 0 aliphatic rings. The number of hydrogen-bond donors (Lipinski definition) is 1. The zero-order valence-corrected chi connectivity index (χ0v) is 16.1. The Labute approximate surface area is 171 Å². The number of rotatable bonds is 5. The van der Waals surface area contributed by atoms with Crippen LogP contribution in [0, 0.1) is 12.7 Å². The Bertz CT molecular complexity index is 1280. The largest absolute Gasteiger partial charge is 0.487 e. The molecule has 7 heteroatoms. The van der Waals surface area contributed by atoms with Crippen molar-refractivity contribution < 1.29 is 13.9 Å². The van der Waals surface area contributed by atoms with Crippen molar-refractivity contribution in [2.24, 2.45) is 0 Å². The quantitative estimate of drug-likeness (QED) is 0.547. The van der Waals surface area contributed by atoms with Gasteiger partial charge in [0.2, 0.25) is 0 Å². The van der Waals surface area contributed by atoms with E-state index in [4.69, 9.17) is 4.74 Å². The van der Waals surface area contributed by atoms with Gasteiger partial charge in [-0.2, -0.15) is 0 Å². The summed E-state index contributed by atoms with van der Waals surface area (Å²) in [5.74, 6) is -0.312. The molecule has 0 saturated carbocycles. The van der Waals surface area contributed by atoms with E-state index in [1.807, 2.05) is 19.1 Å². The molecule has 0 aliphatic carbocycles. The highest BCUT2D eigenvalue weighted by molar-refractivity contribution is 6.04. The third kappa shape index (κ3) is 4.35. The molecule has 0 saturated heterocycles. The van der Waals surface area contributed by atoms with Crippen molar-refractivity contribution in [2.45, 2.75) is 13.5 Å². The Morgan fingerprint density at radius 1 is 1.10 bits per heavy atom. The van der Waals surface area contributed by atoms with Crippen LogP contribution in [-0.2, 0) is 6.61 Å². The van der Waals surface area contributed by atoms with Gasteiger partial charge in [0.15, 0.2) is 0 Å². The van der Waals surface area contributed by atoms with Crippen molar-refractivity contribution in [3.63, 3.8) is 0 Å². The fourth-order valence-electron chi connectivity index (χ4n) is 2.95. The number of pyridine rings is 1. The fraction of sp³-hybridized carbons (Fsp3) is 0.0870. The van der Waals surface area contributed by atoms with E-state index in [0.29, 0.717) is 22.8 Å². The van der Waals surface area contributed by atoms with Crippen LogP contribution in [0.4, 0.5) is 10.1 Å². The number of hydrogen-bond acceptors (Lipinski definition) is 4. The molecule has 150 valence electrons. The van der Waals surface area contributed by atoms with Gasteiger partial charge in [0.1, 0.15) is 23.8 Å². The number of halogens is 1. The molecular weight excluding hydrogens is 385 g/mol. The van der Waals surface area contributed by atoms with E-state index >= 15 is 0 Å². The standard InChI is InChI=1S/C23H18FN3O3/c1-15-9-10-27-21(11-15)25-19(13-22(27)28)14-30-20-7-5-18(6-8-20)26-23(29)16-3-2-4-17(24)12-16/h2-13H,14H2,1H3,(H,26,29). The van der Waals surface area contributed by atoms with Crippen LogP contribution in [0.2, 0.25) is 0 Å². The van der Waals surface area contributed by atoms with E-state index in [9.17, 15) is 14.0 Å². The van der Waals surface area contributed by atoms with Crippen LogP contribution in [0.5, 0.6) is 5.75 Å². The van der Waals surface area contributed by atoms with Gasteiger partial charge in [0.05, 0.1) is 5.69 Å². The first-order chi connectivity index (χ1) is 14.5. The Balaban J connectivity index is 1.42. The topological polar surface area (TPSA) is 72.7 Å². The number of nitrogens with one attached hydrogen (secondary N) is 1. The highest BCUT2D eigenvalue weighted by Gasteiger charge is 2.08. The molecule has 0 radical (unpaired) electrons. The van der Waals surface area contributed by atoms with Crippen LogP contribution in [0.3, 0.4) is 0 Å². The summed E-state index contributed by atoms with van der Waals surface area (Å²) < 4.78 is 20.4. The number of amides is 1. The highest BCUT2D eigenvalue weighted by atomic mass is 19.1. The maximum absolute atomic E-state index is 13.3. The summed E-state index contributed by atoms with van der Waals surface area (Å²) in [7, 11) is 0. The molecule has 0 bridgehead atoms. The first kappa shape index (κ1) is 19.3. The molecule has 0 spiro atoms. The van der Waals surface area contributed by atoms with E-state index in [-0.39, 0.29) is 17.7 Å². The second kappa shape index (κ2) is 8.16. The SMILES string of the molecule is Cc1ccn2c(=O)cc(COc3ccc(NC(=O)c4cccc(F)c4)cc3)nc2c1. The molecule has 6 nitrogen and oxygen atoms in total. The average Bonchev–Trinajstić information content (AvgIpc) is 2.73. The lowest BCUT2D eigenvalue weighted by Crippen LogP contribution is -2.16. The third-order valence-corrected chi connectivity index (χ3v) is 4.46. The molecule has 2 aromatic heterocycles. The molecule has 1 amide bonds. The predicted molar refractivity (Wildman–Crippen MR) is 111 cm³/mol. The van der Waals surface area contributed by atoms with Gasteiger partial charge >= 0.3 is 0 Å². The second-order valence-electron chi connectivity index (χ2n) is 6.80. The molecule has 0 fully saturated rings. The minimum absolute atomic E-state index is 0.134. The van der Waals surface area contributed by atoms with Crippen molar-refractivity contribution in [3.05, 3.63) is 106 Å². The summed E-state index contributed by atoms with van der Waals surface area (Å²) in [6, 6.07) is 17.3. The van der Waals surface area contributed by atoms with E-state index < -0.39 is 11.7 Å². The molecule has 0 aliphatic heterocycles. The maximum Gasteiger partial charge on any atom is 0.258 e. The molecule has 2 aromatic carbocycles.